The summed E-state index contributed by atoms with van der Waals surface area (Å²) in [6.07, 6.45) is 3.42. The average molecular weight is 859 g/mol. The van der Waals surface area contributed by atoms with Crippen LogP contribution in [0.2, 0.25) is 0 Å². The number of para-hydroxylation sites is 2. The van der Waals surface area contributed by atoms with Gasteiger partial charge in [0.05, 0.1) is 11.4 Å². The van der Waals surface area contributed by atoms with E-state index in [1.165, 1.54) is 9.80 Å². The van der Waals surface area contributed by atoms with E-state index in [-0.39, 0.29) is 22.9 Å². The molecule has 9 nitrogen and oxygen atoms in total. The molecule has 0 bridgehead atoms. The summed E-state index contributed by atoms with van der Waals surface area (Å²) in [5.74, 6) is 1.99. The van der Waals surface area contributed by atoms with Gasteiger partial charge in [-0.2, -0.15) is 0 Å². The molecule has 0 saturated carbocycles. The molecule has 0 aromatic heterocycles. The van der Waals surface area contributed by atoms with Crippen molar-refractivity contribution < 1.29 is 23.9 Å². The SMILES string of the molecule is O=C(c1ccccc1)c1ccc(N2C(=O)/C(=C/c3cccc(Oc4ccccc4)c3)N=C2c2ccccc2)c(N2C(=O)/C(=C/c3cccc(Oc4ccccc4)c3)N=C2c2ccccc2)c1. The minimum Gasteiger partial charge on any atom is -0.457 e. The molecule has 10 rings (SSSR count). The van der Waals surface area contributed by atoms with Crippen LogP contribution in [-0.4, -0.2) is 29.3 Å². The predicted molar refractivity (Wildman–Crippen MR) is 259 cm³/mol. The third-order valence-electron chi connectivity index (χ3n) is 10.8. The number of carbonyl (C=O) groups is 3. The minimum absolute atomic E-state index is 0.138. The van der Waals surface area contributed by atoms with Gasteiger partial charge in [0.1, 0.15) is 46.1 Å². The van der Waals surface area contributed by atoms with Crippen LogP contribution < -0.4 is 19.3 Å². The van der Waals surface area contributed by atoms with E-state index in [1.54, 1.807) is 54.6 Å². The predicted octanol–water partition coefficient (Wildman–Crippen LogP) is 12.2. The number of ketones is 1. The lowest BCUT2D eigenvalue weighted by Crippen LogP contribution is -2.38. The number of rotatable bonds is 12. The molecule has 8 aromatic rings. The first-order valence-electron chi connectivity index (χ1n) is 21.3. The zero-order chi connectivity index (χ0) is 44.8. The first-order chi connectivity index (χ1) is 32.4. The van der Waals surface area contributed by atoms with Gasteiger partial charge in [-0.1, -0.05) is 152 Å². The van der Waals surface area contributed by atoms with Crippen LogP contribution in [0.4, 0.5) is 11.4 Å². The molecule has 2 heterocycles. The molecular formula is C57H38N4O5. The normalized spacial score (nSPS) is 14.7. The second-order valence-corrected chi connectivity index (χ2v) is 15.3. The molecule has 2 aliphatic rings. The Kier molecular flexibility index (Phi) is 11.3. The largest absolute Gasteiger partial charge is 0.457 e. The molecule has 0 aliphatic carbocycles. The quantitative estimate of drug-likeness (QED) is 0.0899. The lowest BCUT2D eigenvalue weighted by Gasteiger charge is -2.27. The van der Waals surface area contributed by atoms with Crippen molar-refractivity contribution in [2.45, 2.75) is 0 Å². The fourth-order valence-corrected chi connectivity index (χ4v) is 7.73. The van der Waals surface area contributed by atoms with E-state index in [9.17, 15) is 4.79 Å². The molecule has 2 aliphatic heterocycles. The fourth-order valence-electron chi connectivity index (χ4n) is 7.73. The van der Waals surface area contributed by atoms with Crippen molar-refractivity contribution in [3.63, 3.8) is 0 Å². The number of anilines is 2. The molecular weight excluding hydrogens is 821 g/mol. The molecule has 0 atom stereocenters. The Balaban J connectivity index is 1.11. The Morgan fingerprint density at radius 3 is 1.27 bits per heavy atom. The second-order valence-electron chi connectivity index (χ2n) is 15.3. The maximum atomic E-state index is 15.2. The standard InChI is InChI=1S/C57H38N4O5/c62-53(41-20-6-1-7-21-41)44-32-33-51(60-54(42-22-8-2-9-23-42)58-49(56(60)63)36-39-18-16-30-47(34-39)65-45-26-12-4-13-27-45)52(38-44)61-55(43-24-10-3-11-25-43)59-50(57(61)64)37-40-19-17-31-48(35-40)66-46-28-14-5-15-29-46/h1-38H/b49-36-,50-37-. The van der Waals surface area contributed by atoms with E-state index in [0.29, 0.717) is 73.7 Å². The number of nitrogens with zero attached hydrogens (tertiary/aromatic N) is 4. The Labute approximate surface area is 381 Å². The molecule has 0 spiro atoms. The van der Waals surface area contributed by atoms with Crippen molar-refractivity contribution >= 4 is 52.8 Å². The van der Waals surface area contributed by atoms with E-state index in [2.05, 4.69) is 0 Å². The van der Waals surface area contributed by atoms with Gasteiger partial charge >= 0.3 is 0 Å². The first-order valence-corrected chi connectivity index (χ1v) is 21.3. The van der Waals surface area contributed by atoms with Gasteiger partial charge in [-0.15, -0.1) is 0 Å². The lowest BCUT2D eigenvalue weighted by molar-refractivity contribution is -0.114. The van der Waals surface area contributed by atoms with Crippen molar-refractivity contribution in [2.75, 3.05) is 9.80 Å². The number of amides is 2. The maximum absolute atomic E-state index is 15.2. The molecule has 316 valence electrons. The molecule has 0 N–H and O–H groups in total. The number of aliphatic imine (C=N–C) groups is 2. The average Bonchev–Trinajstić information content (AvgIpc) is 3.86. The van der Waals surface area contributed by atoms with Crippen molar-refractivity contribution in [1.29, 1.82) is 0 Å². The molecule has 0 fully saturated rings. The molecule has 66 heavy (non-hydrogen) atoms. The number of carbonyl (C=O) groups excluding carboxylic acids is 3. The molecule has 9 heteroatoms. The van der Waals surface area contributed by atoms with Gasteiger partial charge in [-0.05, 0) is 90.0 Å². The Bertz CT molecular complexity index is 3240. The smallest absolute Gasteiger partial charge is 0.282 e. The highest BCUT2D eigenvalue weighted by Gasteiger charge is 2.40. The highest BCUT2D eigenvalue weighted by Crippen LogP contribution is 2.40. The van der Waals surface area contributed by atoms with E-state index >= 15 is 9.59 Å². The van der Waals surface area contributed by atoms with Crippen LogP contribution in [0.1, 0.15) is 38.2 Å². The van der Waals surface area contributed by atoms with Crippen LogP contribution in [0, 0.1) is 0 Å². The number of hydrogen-bond donors (Lipinski definition) is 0. The minimum atomic E-state index is -0.468. The van der Waals surface area contributed by atoms with E-state index in [0.717, 1.165) is 0 Å². The van der Waals surface area contributed by atoms with Gasteiger partial charge in [0.2, 0.25) is 0 Å². The number of amidine groups is 2. The van der Waals surface area contributed by atoms with Crippen LogP contribution >= 0.6 is 0 Å². The van der Waals surface area contributed by atoms with Crippen LogP contribution in [0.3, 0.4) is 0 Å². The van der Waals surface area contributed by atoms with E-state index < -0.39 is 11.8 Å². The van der Waals surface area contributed by atoms with Crippen LogP contribution in [0.15, 0.2) is 240 Å². The van der Waals surface area contributed by atoms with E-state index in [1.807, 2.05) is 176 Å². The topological polar surface area (TPSA) is 101 Å². The van der Waals surface area contributed by atoms with Crippen molar-refractivity contribution in [3.8, 4) is 23.0 Å². The fraction of sp³-hybridized carbons (Fsp3) is 0. The maximum Gasteiger partial charge on any atom is 0.282 e. The van der Waals surface area contributed by atoms with Gasteiger partial charge in [0.25, 0.3) is 11.8 Å². The third kappa shape index (κ3) is 8.60. The zero-order valence-corrected chi connectivity index (χ0v) is 35.3. The molecule has 0 unspecified atom stereocenters. The third-order valence-corrected chi connectivity index (χ3v) is 10.8. The lowest BCUT2D eigenvalue weighted by atomic mass is 10.0. The summed E-state index contributed by atoms with van der Waals surface area (Å²) in [6, 6.07) is 66.3. The van der Waals surface area contributed by atoms with Crippen molar-refractivity contribution in [2.24, 2.45) is 9.98 Å². The van der Waals surface area contributed by atoms with Crippen LogP contribution in [0.5, 0.6) is 23.0 Å². The van der Waals surface area contributed by atoms with Gasteiger partial charge < -0.3 is 9.47 Å². The summed E-state index contributed by atoms with van der Waals surface area (Å²) in [5.41, 5.74) is 4.31. The highest BCUT2D eigenvalue weighted by atomic mass is 16.5. The summed E-state index contributed by atoms with van der Waals surface area (Å²) >= 11 is 0. The van der Waals surface area contributed by atoms with Gasteiger partial charge in [0, 0.05) is 22.3 Å². The number of hydrogen-bond acceptors (Lipinski definition) is 7. The highest BCUT2D eigenvalue weighted by molar-refractivity contribution is 6.38. The zero-order valence-electron chi connectivity index (χ0n) is 35.3. The molecule has 2 amide bonds. The first kappa shape index (κ1) is 40.8. The van der Waals surface area contributed by atoms with Gasteiger partial charge in [0.15, 0.2) is 5.78 Å². The van der Waals surface area contributed by atoms with Crippen molar-refractivity contribution in [3.05, 3.63) is 263 Å². The Morgan fingerprint density at radius 2 is 0.803 bits per heavy atom. The number of benzene rings is 8. The van der Waals surface area contributed by atoms with Gasteiger partial charge in [-0.3, -0.25) is 24.2 Å². The van der Waals surface area contributed by atoms with E-state index in [4.69, 9.17) is 19.5 Å². The monoisotopic (exact) mass is 858 g/mol. The summed E-state index contributed by atoms with van der Waals surface area (Å²) < 4.78 is 12.2. The van der Waals surface area contributed by atoms with Crippen LogP contribution in [-0.2, 0) is 9.59 Å². The Morgan fingerprint density at radius 1 is 0.394 bits per heavy atom. The molecule has 0 radical (unpaired) electrons. The molecule has 0 saturated heterocycles. The Hall–Kier alpha value is -9.21. The van der Waals surface area contributed by atoms with Crippen molar-refractivity contribution in [1.82, 2.24) is 0 Å². The molecule has 8 aromatic carbocycles. The summed E-state index contributed by atoms with van der Waals surface area (Å²) in [5, 5.41) is 0. The summed E-state index contributed by atoms with van der Waals surface area (Å²) in [7, 11) is 0. The second kappa shape index (κ2) is 18.3. The summed E-state index contributed by atoms with van der Waals surface area (Å²) in [6.45, 7) is 0. The van der Waals surface area contributed by atoms with Gasteiger partial charge in [-0.25, -0.2) is 9.98 Å². The number of ether oxygens (including phenoxy) is 2. The summed E-state index contributed by atoms with van der Waals surface area (Å²) in [4.78, 5) is 57.4. The van der Waals surface area contributed by atoms with Crippen LogP contribution in [0.25, 0.3) is 12.2 Å².